The molecule has 1 saturated heterocycles. The summed E-state index contributed by atoms with van der Waals surface area (Å²) < 4.78 is 5.28. The van der Waals surface area contributed by atoms with Gasteiger partial charge in [-0.1, -0.05) is 0 Å². The number of rotatable bonds is 8. The number of aliphatic hydroxyl groups is 1. The average molecular weight is 284 g/mol. The molecule has 1 aliphatic heterocycles. The smallest absolute Gasteiger partial charge is 0.113 e. The molecule has 0 spiro atoms. The molecule has 1 aromatic rings. The van der Waals surface area contributed by atoms with Gasteiger partial charge in [0.15, 0.2) is 0 Å². The van der Waals surface area contributed by atoms with E-state index in [4.69, 9.17) is 4.42 Å². The van der Waals surface area contributed by atoms with Gasteiger partial charge in [0.2, 0.25) is 0 Å². The van der Waals surface area contributed by atoms with Gasteiger partial charge >= 0.3 is 0 Å². The molecule has 0 bridgehead atoms. The van der Waals surface area contributed by atoms with Crippen molar-refractivity contribution < 1.29 is 9.52 Å². The van der Waals surface area contributed by atoms with E-state index in [9.17, 15) is 5.11 Å². The zero-order valence-corrected chi connectivity index (χ0v) is 12.2. The maximum absolute atomic E-state index is 10.3. The van der Waals surface area contributed by atoms with Crippen LogP contribution in [0.1, 0.15) is 25.0 Å². The van der Waals surface area contributed by atoms with E-state index in [0.29, 0.717) is 13.1 Å². The van der Waals surface area contributed by atoms with Crippen molar-refractivity contribution in [2.75, 3.05) is 31.9 Å². The molecule has 0 unspecified atom stereocenters. The quantitative estimate of drug-likeness (QED) is 0.633. The van der Waals surface area contributed by atoms with Crippen LogP contribution < -0.4 is 10.6 Å². The predicted octanol–water partition coefficient (Wildman–Crippen LogP) is 1.61. The summed E-state index contributed by atoms with van der Waals surface area (Å²) in [6, 6.07) is 3.94. The summed E-state index contributed by atoms with van der Waals surface area (Å²) in [7, 11) is 0. The lowest BCUT2D eigenvalue weighted by molar-refractivity contribution is 0.0174. The van der Waals surface area contributed by atoms with Crippen molar-refractivity contribution in [1.82, 2.24) is 10.6 Å². The monoisotopic (exact) mass is 284 g/mol. The van der Waals surface area contributed by atoms with Crippen LogP contribution in [0.25, 0.3) is 0 Å². The zero-order valence-electron chi connectivity index (χ0n) is 11.4. The Morgan fingerprint density at radius 2 is 2.47 bits per heavy atom. The van der Waals surface area contributed by atoms with Crippen molar-refractivity contribution in [3.05, 3.63) is 24.2 Å². The first kappa shape index (κ1) is 14.9. The first-order valence-electron chi connectivity index (χ1n) is 7.02. The lowest BCUT2D eigenvalue weighted by Crippen LogP contribution is -2.52. The van der Waals surface area contributed by atoms with Gasteiger partial charge in [0.25, 0.3) is 0 Å². The topological polar surface area (TPSA) is 57.4 Å². The number of thioether (sulfide) groups is 1. The summed E-state index contributed by atoms with van der Waals surface area (Å²) in [6.07, 6.45) is 4.81. The molecule has 1 fully saturated rings. The Bertz CT molecular complexity index is 337. The van der Waals surface area contributed by atoms with Crippen LogP contribution in [0, 0.1) is 0 Å². The molecule has 19 heavy (non-hydrogen) atoms. The summed E-state index contributed by atoms with van der Waals surface area (Å²) in [5.74, 6) is 3.10. The first-order chi connectivity index (χ1) is 9.29. The Kier molecular flexibility index (Phi) is 6.23. The molecule has 0 amide bonds. The molecular weight excluding hydrogens is 260 g/mol. The van der Waals surface area contributed by atoms with Crippen LogP contribution in [0.3, 0.4) is 0 Å². The van der Waals surface area contributed by atoms with Gasteiger partial charge in [-0.15, -0.1) is 0 Å². The van der Waals surface area contributed by atoms with E-state index in [1.165, 1.54) is 0 Å². The highest BCUT2D eigenvalue weighted by atomic mass is 32.2. The van der Waals surface area contributed by atoms with Gasteiger partial charge in [-0.25, -0.2) is 0 Å². The largest absolute Gasteiger partial charge is 0.468 e. The third kappa shape index (κ3) is 5.57. The molecule has 4 nitrogen and oxygen atoms in total. The standard InChI is InChI=1S/C14H24N2O2S/c17-14(5-2-6-15-11-14)12-16-7-3-9-19-10-13-4-1-8-18-13/h1,4,8,15-17H,2-3,5-7,9-12H2/t14-/m0/s1. The Morgan fingerprint density at radius 1 is 1.53 bits per heavy atom. The first-order valence-corrected chi connectivity index (χ1v) is 8.18. The molecule has 2 rings (SSSR count). The van der Waals surface area contributed by atoms with Crippen molar-refractivity contribution >= 4 is 11.8 Å². The summed E-state index contributed by atoms with van der Waals surface area (Å²) in [5, 5.41) is 16.9. The van der Waals surface area contributed by atoms with Crippen LogP contribution in [0.4, 0.5) is 0 Å². The van der Waals surface area contributed by atoms with Crippen LogP contribution in [0.15, 0.2) is 22.8 Å². The number of piperidine rings is 1. The van der Waals surface area contributed by atoms with E-state index in [1.54, 1.807) is 6.26 Å². The minimum absolute atomic E-state index is 0.542. The maximum atomic E-state index is 10.3. The van der Waals surface area contributed by atoms with E-state index in [0.717, 1.165) is 49.6 Å². The maximum Gasteiger partial charge on any atom is 0.113 e. The summed E-state index contributed by atoms with van der Waals surface area (Å²) >= 11 is 1.89. The minimum atomic E-state index is -0.542. The normalized spacial score (nSPS) is 23.6. The van der Waals surface area contributed by atoms with Crippen molar-refractivity contribution in [1.29, 1.82) is 0 Å². The van der Waals surface area contributed by atoms with E-state index in [2.05, 4.69) is 10.6 Å². The molecule has 1 aromatic heterocycles. The molecule has 2 heterocycles. The lowest BCUT2D eigenvalue weighted by atomic mass is 9.94. The highest BCUT2D eigenvalue weighted by Crippen LogP contribution is 2.15. The molecule has 108 valence electrons. The number of β-amino-alcohol motifs (C(OH)–C–C–N with tert-alkyl or cyclic N) is 1. The second-order valence-corrected chi connectivity index (χ2v) is 6.27. The fourth-order valence-electron chi connectivity index (χ4n) is 2.29. The third-order valence-electron chi connectivity index (χ3n) is 3.37. The number of furan rings is 1. The fraction of sp³-hybridized carbons (Fsp3) is 0.714. The Morgan fingerprint density at radius 3 is 3.21 bits per heavy atom. The SMILES string of the molecule is O[C@@]1(CNCCCSCc2ccco2)CCCNC1. The number of nitrogens with one attached hydrogen (secondary N) is 2. The van der Waals surface area contributed by atoms with E-state index < -0.39 is 5.60 Å². The summed E-state index contributed by atoms with van der Waals surface area (Å²) in [5.41, 5.74) is -0.542. The molecule has 5 heteroatoms. The molecule has 0 aliphatic carbocycles. The minimum Gasteiger partial charge on any atom is -0.468 e. The van der Waals surface area contributed by atoms with Gasteiger partial charge in [0.05, 0.1) is 17.6 Å². The number of hydrogen-bond donors (Lipinski definition) is 3. The van der Waals surface area contributed by atoms with E-state index in [-0.39, 0.29) is 0 Å². The third-order valence-corrected chi connectivity index (χ3v) is 4.44. The molecule has 0 radical (unpaired) electrons. The van der Waals surface area contributed by atoms with Crippen molar-refractivity contribution in [2.24, 2.45) is 0 Å². The highest BCUT2D eigenvalue weighted by Gasteiger charge is 2.28. The van der Waals surface area contributed by atoms with Gasteiger partial charge in [0, 0.05) is 13.1 Å². The van der Waals surface area contributed by atoms with Crippen LogP contribution in [-0.4, -0.2) is 42.6 Å². The molecule has 0 saturated carbocycles. The molecule has 1 aliphatic rings. The molecule has 1 atom stereocenters. The molecule has 0 aromatic carbocycles. The lowest BCUT2D eigenvalue weighted by Gasteiger charge is -2.32. The molecule has 3 N–H and O–H groups in total. The Balaban J connectivity index is 1.45. The Hall–Kier alpha value is -0.490. The summed E-state index contributed by atoms with van der Waals surface area (Å²) in [4.78, 5) is 0. The van der Waals surface area contributed by atoms with Crippen LogP contribution in [-0.2, 0) is 5.75 Å². The predicted molar refractivity (Wildman–Crippen MR) is 79.4 cm³/mol. The average Bonchev–Trinajstić information content (AvgIpc) is 2.91. The van der Waals surface area contributed by atoms with E-state index >= 15 is 0 Å². The van der Waals surface area contributed by atoms with Gasteiger partial charge in [0.1, 0.15) is 5.76 Å². The fourth-order valence-corrected chi connectivity index (χ4v) is 3.15. The van der Waals surface area contributed by atoms with Crippen LogP contribution >= 0.6 is 11.8 Å². The van der Waals surface area contributed by atoms with Crippen molar-refractivity contribution in [2.45, 2.75) is 30.6 Å². The Labute approximate surface area is 119 Å². The zero-order chi connectivity index (χ0) is 13.4. The second-order valence-electron chi connectivity index (χ2n) is 5.17. The highest BCUT2D eigenvalue weighted by molar-refractivity contribution is 7.98. The van der Waals surface area contributed by atoms with Crippen molar-refractivity contribution in [3.63, 3.8) is 0 Å². The van der Waals surface area contributed by atoms with Crippen molar-refractivity contribution in [3.8, 4) is 0 Å². The molecular formula is C14H24N2O2S. The van der Waals surface area contributed by atoms with Crippen LogP contribution in [0.2, 0.25) is 0 Å². The van der Waals surface area contributed by atoms with Crippen LogP contribution in [0.5, 0.6) is 0 Å². The summed E-state index contributed by atoms with van der Waals surface area (Å²) in [6.45, 7) is 3.41. The van der Waals surface area contributed by atoms with Gasteiger partial charge < -0.3 is 20.2 Å². The second kappa shape index (κ2) is 7.94. The van der Waals surface area contributed by atoms with E-state index in [1.807, 2.05) is 23.9 Å². The van der Waals surface area contributed by atoms with Gasteiger partial charge in [-0.05, 0) is 50.2 Å². The van der Waals surface area contributed by atoms with Gasteiger partial charge in [-0.2, -0.15) is 11.8 Å². The van der Waals surface area contributed by atoms with Gasteiger partial charge in [-0.3, -0.25) is 0 Å². The number of hydrogen-bond acceptors (Lipinski definition) is 5.